The monoisotopic (exact) mass is 528 g/mol. The number of nitriles is 1. The first-order valence-corrected chi connectivity index (χ1v) is 12.3. The maximum atomic E-state index is 14.0. The second kappa shape index (κ2) is 10.5. The molecule has 2 aromatic rings. The molecule has 2 amide bonds. The number of hydrogen-bond donors (Lipinski definition) is 1. The Hall–Kier alpha value is -3.37. The minimum Gasteiger partial charge on any atom is -0.379 e. The zero-order chi connectivity index (χ0) is 26.1. The molecule has 37 heavy (non-hydrogen) atoms. The molecule has 5 rings (SSSR count). The van der Waals surface area contributed by atoms with Crippen LogP contribution in [0.3, 0.4) is 0 Å². The van der Waals surface area contributed by atoms with E-state index in [0.717, 1.165) is 6.07 Å². The molecule has 0 radical (unpaired) electrons. The third-order valence-corrected chi connectivity index (χ3v) is 7.14. The summed E-state index contributed by atoms with van der Waals surface area (Å²) in [6.45, 7) is 2.91. The Morgan fingerprint density at radius 3 is 2.73 bits per heavy atom. The number of anilines is 1. The zero-order valence-electron chi connectivity index (χ0n) is 20.2. The molecule has 13 heteroatoms. The second-order valence-corrected chi connectivity index (χ2v) is 9.53. The molecule has 3 aliphatic rings. The van der Waals surface area contributed by atoms with Crippen molar-refractivity contribution in [2.75, 3.05) is 51.3 Å². The van der Waals surface area contributed by atoms with Gasteiger partial charge in [0, 0.05) is 59.0 Å². The van der Waals surface area contributed by atoms with Crippen molar-refractivity contribution in [2.24, 2.45) is 5.10 Å². The summed E-state index contributed by atoms with van der Waals surface area (Å²) in [5, 5.41) is 25.8. The van der Waals surface area contributed by atoms with E-state index in [1.165, 1.54) is 17.3 Å². The highest BCUT2D eigenvalue weighted by Crippen LogP contribution is 2.32. The molecule has 2 saturated heterocycles. The van der Waals surface area contributed by atoms with Crippen LogP contribution in [0.25, 0.3) is 0 Å². The molecule has 0 aliphatic carbocycles. The highest BCUT2D eigenvalue weighted by molar-refractivity contribution is 6.31. The van der Waals surface area contributed by atoms with E-state index in [1.54, 1.807) is 24.3 Å². The van der Waals surface area contributed by atoms with Crippen LogP contribution < -0.4 is 4.90 Å². The summed E-state index contributed by atoms with van der Waals surface area (Å²) in [5.41, 5.74) is 1.06. The normalized spacial score (nSPS) is 21.2. The van der Waals surface area contributed by atoms with Crippen molar-refractivity contribution in [3.8, 4) is 6.07 Å². The number of urea groups is 1. The van der Waals surface area contributed by atoms with Gasteiger partial charge in [0.15, 0.2) is 6.23 Å². The van der Waals surface area contributed by atoms with Crippen molar-refractivity contribution >= 4 is 29.8 Å². The number of carbonyl (C=O) groups excluding carboxylic acids is 1. The number of carbonyl (C=O) groups is 1. The number of piperazine rings is 1. The average Bonchev–Trinajstić information content (AvgIpc) is 3.38. The molecule has 194 valence electrons. The largest absolute Gasteiger partial charge is 0.379 e. The predicted molar refractivity (Wildman–Crippen MR) is 132 cm³/mol. The average molecular weight is 529 g/mol. The van der Waals surface area contributed by atoms with Crippen LogP contribution >= 0.6 is 11.6 Å². The maximum absolute atomic E-state index is 14.0. The minimum atomic E-state index is -0.960. The van der Waals surface area contributed by atoms with Crippen molar-refractivity contribution in [3.63, 3.8) is 0 Å². The number of nitrogens with zero attached hydrogens (tertiary/aromatic N) is 8. The summed E-state index contributed by atoms with van der Waals surface area (Å²) in [6, 6.07) is 5.25. The Kier molecular flexibility index (Phi) is 7.21. The maximum Gasteiger partial charge on any atom is 0.341 e. The van der Waals surface area contributed by atoms with Gasteiger partial charge in [0.05, 0.1) is 35.0 Å². The van der Waals surface area contributed by atoms with Crippen LogP contribution in [0.5, 0.6) is 0 Å². The molecular weight excluding hydrogens is 503 g/mol. The Morgan fingerprint density at radius 1 is 1.27 bits per heavy atom. The predicted octanol–water partition coefficient (Wildman–Crippen LogP) is 2.14. The molecule has 2 atom stereocenters. The third-order valence-electron chi connectivity index (χ3n) is 6.85. The number of ether oxygens (including phenoxy) is 1. The molecule has 4 heterocycles. The number of benzene rings is 1. The fourth-order valence-electron chi connectivity index (χ4n) is 4.68. The number of likely N-dealkylation sites (tertiary alicyclic amines) is 1. The molecule has 0 spiro atoms. The lowest BCUT2D eigenvalue weighted by Crippen LogP contribution is -2.53. The van der Waals surface area contributed by atoms with Gasteiger partial charge < -0.3 is 19.6 Å². The van der Waals surface area contributed by atoms with Gasteiger partial charge in [-0.15, -0.1) is 0 Å². The number of methoxy groups -OCH3 is 1. The molecule has 0 bridgehead atoms. The van der Waals surface area contributed by atoms with Gasteiger partial charge in [-0.25, -0.2) is 24.2 Å². The number of aliphatic hydroxyl groups is 1. The van der Waals surface area contributed by atoms with Gasteiger partial charge in [-0.3, -0.25) is 4.90 Å². The highest BCUT2D eigenvalue weighted by Gasteiger charge is 2.36. The van der Waals surface area contributed by atoms with E-state index in [1.807, 2.05) is 15.9 Å². The van der Waals surface area contributed by atoms with Gasteiger partial charge in [-0.2, -0.15) is 10.4 Å². The van der Waals surface area contributed by atoms with Crippen LogP contribution in [-0.4, -0.2) is 94.6 Å². The molecular formula is C24H26ClFN8O3. The standard InChI is InChI=1S/C24H26ClFN8O3/c1-37-18-13-33(14-18)22(35)21-19(25)12-28-23(30-21)31-4-6-32(7-5-31)24(36)34-20(2-3-29-34)16-8-15(11-27)9-17(26)10-16/h3,8-10,12,18,20,22,35H,2,4-7,13-14H2,1H3/t20-,22?/m0/s1. The fourth-order valence-corrected chi connectivity index (χ4v) is 4.87. The SMILES string of the molecule is COC1CN(C(O)c2nc(N3CCN(C(=O)N4N=CC[C@H]4c4cc(F)cc(C#N)c4)CC3)ncc2Cl)C1. The molecule has 1 unspecified atom stereocenters. The van der Waals surface area contributed by atoms with Crippen LogP contribution in [0.1, 0.15) is 35.5 Å². The van der Waals surface area contributed by atoms with Crippen molar-refractivity contribution in [1.29, 1.82) is 5.26 Å². The Balaban J connectivity index is 1.23. The van der Waals surface area contributed by atoms with Crippen molar-refractivity contribution in [3.05, 3.63) is 52.1 Å². The summed E-state index contributed by atoms with van der Waals surface area (Å²) in [6.07, 6.45) is 2.65. The number of aliphatic hydroxyl groups excluding tert-OH is 1. The number of hydrazone groups is 1. The quantitative estimate of drug-likeness (QED) is 0.626. The molecule has 3 aliphatic heterocycles. The summed E-state index contributed by atoms with van der Waals surface area (Å²) >= 11 is 6.28. The Bertz CT molecular complexity index is 1240. The van der Waals surface area contributed by atoms with E-state index < -0.39 is 18.1 Å². The lowest BCUT2D eigenvalue weighted by Gasteiger charge is -2.41. The lowest BCUT2D eigenvalue weighted by atomic mass is 10.0. The van der Waals surface area contributed by atoms with Gasteiger partial charge in [-0.05, 0) is 23.8 Å². The molecule has 1 aromatic heterocycles. The number of aromatic nitrogens is 2. The topological polar surface area (TPSA) is 121 Å². The van der Waals surface area contributed by atoms with E-state index >= 15 is 0 Å². The zero-order valence-corrected chi connectivity index (χ0v) is 20.9. The molecule has 1 aromatic carbocycles. The van der Waals surface area contributed by atoms with E-state index in [4.69, 9.17) is 16.3 Å². The van der Waals surface area contributed by atoms with Crippen LogP contribution in [0, 0.1) is 17.1 Å². The van der Waals surface area contributed by atoms with Gasteiger partial charge in [-0.1, -0.05) is 11.6 Å². The molecule has 11 nitrogen and oxygen atoms in total. The molecule has 1 N–H and O–H groups in total. The first-order valence-electron chi connectivity index (χ1n) is 11.9. The van der Waals surface area contributed by atoms with Crippen LogP contribution in [0.2, 0.25) is 5.02 Å². The van der Waals surface area contributed by atoms with Gasteiger partial charge in [0.2, 0.25) is 5.95 Å². The summed E-state index contributed by atoms with van der Waals surface area (Å²) in [4.78, 5) is 27.6. The van der Waals surface area contributed by atoms with Gasteiger partial charge in [0.1, 0.15) is 11.5 Å². The Morgan fingerprint density at radius 2 is 2.03 bits per heavy atom. The smallest absolute Gasteiger partial charge is 0.341 e. The van der Waals surface area contributed by atoms with Gasteiger partial charge in [0.25, 0.3) is 0 Å². The van der Waals surface area contributed by atoms with E-state index in [0.29, 0.717) is 62.9 Å². The second-order valence-electron chi connectivity index (χ2n) is 9.12. The summed E-state index contributed by atoms with van der Waals surface area (Å²) in [7, 11) is 1.64. The first-order chi connectivity index (χ1) is 17.9. The van der Waals surface area contributed by atoms with E-state index in [9.17, 15) is 19.6 Å². The van der Waals surface area contributed by atoms with Crippen molar-refractivity contribution in [1.82, 2.24) is 24.8 Å². The minimum absolute atomic E-state index is 0.0780. The summed E-state index contributed by atoms with van der Waals surface area (Å²) in [5.74, 6) is -0.0998. The van der Waals surface area contributed by atoms with Crippen molar-refractivity contribution in [2.45, 2.75) is 24.8 Å². The molecule has 2 fully saturated rings. The summed E-state index contributed by atoms with van der Waals surface area (Å²) < 4.78 is 19.3. The number of amides is 2. The van der Waals surface area contributed by atoms with E-state index in [2.05, 4.69) is 15.1 Å². The van der Waals surface area contributed by atoms with Gasteiger partial charge >= 0.3 is 6.03 Å². The third kappa shape index (κ3) is 5.08. The number of hydrogen-bond acceptors (Lipinski definition) is 9. The first kappa shape index (κ1) is 25.3. The van der Waals surface area contributed by atoms with Crippen LogP contribution in [0.15, 0.2) is 29.5 Å². The Labute approximate surface area is 218 Å². The number of halogens is 2. The lowest BCUT2D eigenvalue weighted by molar-refractivity contribution is -0.115. The fraction of sp³-hybridized carbons (Fsp3) is 0.458. The number of rotatable bonds is 5. The van der Waals surface area contributed by atoms with Crippen molar-refractivity contribution < 1.29 is 19.0 Å². The van der Waals surface area contributed by atoms with Crippen LogP contribution in [-0.2, 0) is 4.74 Å². The van der Waals surface area contributed by atoms with E-state index in [-0.39, 0.29) is 22.7 Å². The van der Waals surface area contributed by atoms with Crippen LogP contribution in [0.4, 0.5) is 15.1 Å². The highest BCUT2D eigenvalue weighted by atomic mass is 35.5. The molecule has 0 saturated carbocycles.